The fourth-order valence-electron chi connectivity index (χ4n) is 5.09. The van der Waals surface area contributed by atoms with Crippen LogP contribution in [0.15, 0.2) is 35.6 Å². The van der Waals surface area contributed by atoms with Gasteiger partial charge >= 0.3 is 0 Å². The van der Waals surface area contributed by atoms with Crippen LogP contribution in [0.4, 0.5) is 11.6 Å². The van der Waals surface area contributed by atoms with Gasteiger partial charge in [-0.05, 0) is 31.0 Å². The van der Waals surface area contributed by atoms with Gasteiger partial charge in [0.25, 0.3) is 11.9 Å². The van der Waals surface area contributed by atoms with Crippen molar-refractivity contribution in [3.8, 4) is 6.07 Å². The number of amides is 1. The van der Waals surface area contributed by atoms with Crippen LogP contribution in [0.25, 0.3) is 11.0 Å². The first-order valence-electron chi connectivity index (χ1n) is 12.3. The molecule has 3 aromatic rings. The van der Waals surface area contributed by atoms with Gasteiger partial charge in [0.05, 0.1) is 24.5 Å². The molecule has 1 amide bonds. The zero-order chi connectivity index (χ0) is 25.2. The van der Waals surface area contributed by atoms with E-state index in [-0.39, 0.29) is 17.9 Å². The molecule has 2 aliphatic rings. The molecule has 1 aliphatic carbocycles. The normalized spacial score (nSPS) is 17.6. The van der Waals surface area contributed by atoms with Crippen molar-refractivity contribution in [2.24, 2.45) is 4.99 Å². The standard InChI is InChI=1S/C25H31N9O2/c1-30(2)24(35)21-15-18-16-27-25(29-23(18)34(21)19-5-3-4-6-19)28-22-8-7-20(17-33(22)36)32-13-11-31(10-9-26)12-14-32/h7-8,15-17,19,36H,3-6,10-14H2,1-2H3/b28-22-. The molecule has 1 saturated heterocycles. The number of fused-ring (bicyclic) bond motifs is 1. The quantitative estimate of drug-likeness (QED) is 0.431. The number of aromatic nitrogens is 4. The third-order valence-electron chi connectivity index (χ3n) is 7.02. The van der Waals surface area contributed by atoms with E-state index in [1.54, 1.807) is 37.5 Å². The number of hydrogen-bond donors (Lipinski definition) is 1. The number of piperazine rings is 1. The highest BCUT2D eigenvalue weighted by Gasteiger charge is 2.26. The van der Waals surface area contributed by atoms with E-state index < -0.39 is 0 Å². The Bertz CT molecular complexity index is 1370. The Kier molecular flexibility index (Phi) is 6.61. The molecule has 0 bridgehead atoms. The lowest BCUT2D eigenvalue weighted by Crippen LogP contribution is -2.46. The van der Waals surface area contributed by atoms with Crippen LogP contribution in [-0.2, 0) is 0 Å². The lowest BCUT2D eigenvalue weighted by molar-refractivity contribution is 0.0815. The first kappa shape index (κ1) is 23.8. The molecule has 0 atom stereocenters. The van der Waals surface area contributed by atoms with E-state index >= 15 is 0 Å². The van der Waals surface area contributed by atoms with Gasteiger partial charge in [0.2, 0.25) is 0 Å². The summed E-state index contributed by atoms with van der Waals surface area (Å²) < 4.78 is 3.04. The highest BCUT2D eigenvalue weighted by Crippen LogP contribution is 2.34. The number of carbonyl (C=O) groups excluding carboxylic acids is 1. The van der Waals surface area contributed by atoms with Crippen LogP contribution in [0, 0.1) is 11.3 Å². The fraction of sp³-hybridized carbons (Fsp3) is 0.480. The average Bonchev–Trinajstić information content (AvgIpc) is 3.53. The molecule has 2 fully saturated rings. The molecule has 0 unspecified atom stereocenters. The van der Waals surface area contributed by atoms with Crippen LogP contribution in [0.2, 0.25) is 0 Å². The predicted octanol–water partition coefficient (Wildman–Crippen LogP) is 2.16. The number of hydrogen-bond acceptors (Lipinski definition) is 8. The van der Waals surface area contributed by atoms with Crippen molar-refractivity contribution < 1.29 is 10.0 Å². The van der Waals surface area contributed by atoms with Gasteiger partial charge in [-0.15, -0.1) is 0 Å². The Morgan fingerprint density at radius 1 is 1.22 bits per heavy atom. The second-order valence-electron chi connectivity index (χ2n) is 9.61. The second kappa shape index (κ2) is 9.99. The van der Waals surface area contributed by atoms with Crippen molar-refractivity contribution in [2.75, 3.05) is 51.7 Å². The van der Waals surface area contributed by atoms with Crippen LogP contribution in [0.3, 0.4) is 0 Å². The number of rotatable bonds is 5. The molecule has 11 heteroatoms. The molecule has 1 saturated carbocycles. The largest absolute Gasteiger partial charge is 0.427 e. The summed E-state index contributed by atoms with van der Waals surface area (Å²) in [6.45, 7) is 3.61. The summed E-state index contributed by atoms with van der Waals surface area (Å²) in [6.07, 6.45) is 7.61. The topological polar surface area (TPSA) is 119 Å². The van der Waals surface area contributed by atoms with Crippen LogP contribution in [-0.4, -0.2) is 87.0 Å². The maximum atomic E-state index is 12.9. The van der Waals surface area contributed by atoms with E-state index in [0.717, 1.165) is 67.7 Å². The number of nitrogens with zero attached hydrogens (tertiary/aromatic N) is 9. The number of nitriles is 1. The van der Waals surface area contributed by atoms with Crippen molar-refractivity contribution in [1.82, 2.24) is 29.1 Å². The molecule has 0 radical (unpaired) electrons. The predicted molar refractivity (Wildman–Crippen MR) is 134 cm³/mol. The summed E-state index contributed by atoms with van der Waals surface area (Å²) in [7, 11) is 3.50. The van der Waals surface area contributed by atoms with Gasteiger partial charge < -0.3 is 19.6 Å². The SMILES string of the molecule is CN(C)C(=O)c1cc2cnc(/N=c3/ccc(N4CCN(CC#N)CC4)cn3O)nc2n1C1CCCC1. The summed E-state index contributed by atoms with van der Waals surface area (Å²) in [5, 5.41) is 20.3. The zero-order valence-corrected chi connectivity index (χ0v) is 20.7. The minimum Gasteiger partial charge on any atom is -0.427 e. The van der Waals surface area contributed by atoms with E-state index in [9.17, 15) is 10.0 Å². The Labute approximate surface area is 209 Å². The van der Waals surface area contributed by atoms with E-state index in [0.29, 0.717) is 23.4 Å². The summed E-state index contributed by atoms with van der Waals surface area (Å²) in [5.41, 5.74) is 2.50. The van der Waals surface area contributed by atoms with Crippen LogP contribution in [0.5, 0.6) is 0 Å². The highest BCUT2D eigenvalue weighted by atomic mass is 16.5. The second-order valence-corrected chi connectivity index (χ2v) is 9.61. The monoisotopic (exact) mass is 489 g/mol. The first-order chi connectivity index (χ1) is 17.4. The lowest BCUT2D eigenvalue weighted by Gasteiger charge is -2.34. The summed E-state index contributed by atoms with van der Waals surface area (Å²) in [5.74, 6) is 0.167. The van der Waals surface area contributed by atoms with E-state index in [4.69, 9.17) is 10.2 Å². The Hall–Kier alpha value is -3.91. The Morgan fingerprint density at radius 3 is 2.64 bits per heavy atom. The van der Waals surface area contributed by atoms with Crippen LogP contribution in [0.1, 0.15) is 42.2 Å². The van der Waals surface area contributed by atoms with Gasteiger partial charge in [-0.25, -0.2) is 4.98 Å². The number of anilines is 1. The van der Waals surface area contributed by atoms with Crippen LogP contribution < -0.4 is 10.4 Å². The summed E-state index contributed by atoms with van der Waals surface area (Å²) in [6, 6.07) is 7.93. The molecule has 0 aromatic carbocycles. The molecular weight excluding hydrogens is 458 g/mol. The molecule has 3 aromatic heterocycles. The Balaban J connectivity index is 1.46. The van der Waals surface area contributed by atoms with Gasteiger partial charge in [-0.2, -0.15) is 20.0 Å². The molecule has 11 nitrogen and oxygen atoms in total. The van der Waals surface area contributed by atoms with Crippen molar-refractivity contribution >= 4 is 28.6 Å². The van der Waals surface area contributed by atoms with Gasteiger partial charge in [-0.3, -0.25) is 9.69 Å². The number of pyridine rings is 1. The first-order valence-corrected chi connectivity index (χ1v) is 12.3. The molecule has 1 aliphatic heterocycles. The van der Waals surface area contributed by atoms with E-state index in [2.05, 4.69) is 25.8 Å². The minimum atomic E-state index is -0.0596. The van der Waals surface area contributed by atoms with Gasteiger partial charge in [-0.1, -0.05) is 12.8 Å². The zero-order valence-electron chi connectivity index (χ0n) is 20.7. The third-order valence-corrected chi connectivity index (χ3v) is 7.02. The smallest absolute Gasteiger partial charge is 0.270 e. The molecule has 36 heavy (non-hydrogen) atoms. The maximum Gasteiger partial charge on any atom is 0.270 e. The van der Waals surface area contributed by atoms with Gasteiger partial charge in [0.1, 0.15) is 11.3 Å². The van der Waals surface area contributed by atoms with Gasteiger partial charge in [0.15, 0.2) is 5.49 Å². The minimum absolute atomic E-state index is 0.0596. The molecule has 1 N–H and O–H groups in total. The molecule has 4 heterocycles. The number of carbonyl (C=O) groups is 1. The molecule has 5 rings (SSSR count). The summed E-state index contributed by atoms with van der Waals surface area (Å²) in [4.78, 5) is 32.3. The summed E-state index contributed by atoms with van der Waals surface area (Å²) >= 11 is 0. The molecule has 0 spiro atoms. The van der Waals surface area contributed by atoms with E-state index in [1.165, 1.54) is 0 Å². The molecular formula is C25H31N9O2. The van der Waals surface area contributed by atoms with Crippen molar-refractivity contribution in [2.45, 2.75) is 31.7 Å². The van der Waals surface area contributed by atoms with Gasteiger partial charge in [0, 0.05) is 57.9 Å². The maximum absolute atomic E-state index is 12.9. The third kappa shape index (κ3) is 4.64. The molecule has 188 valence electrons. The van der Waals surface area contributed by atoms with Crippen molar-refractivity contribution in [3.63, 3.8) is 0 Å². The Morgan fingerprint density at radius 2 is 1.97 bits per heavy atom. The van der Waals surface area contributed by atoms with Crippen molar-refractivity contribution in [1.29, 1.82) is 5.26 Å². The van der Waals surface area contributed by atoms with Crippen molar-refractivity contribution in [3.05, 3.63) is 41.8 Å². The van der Waals surface area contributed by atoms with E-state index in [1.807, 2.05) is 16.7 Å². The fourth-order valence-corrected chi connectivity index (χ4v) is 5.09. The lowest BCUT2D eigenvalue weighted by atomic mass is 10.2. The van der Waals surface area contributed by atoms with Crippen LogP contribution >= 0.6 is 0 Å². The average molecular weight is 490 g/mol. The highest BCUT2D eigenvalue weighted by molar-refractivity contribution is 5.97.